The molecule has 166 valence electrons. The lowest BCUT2D eigenvalue weighted by molar-refractivity contribution is 0.436. The molecule has 2 aromatic heterocycles. The third kappa shape index (κ3) is 7.37. The highest BCUT2D eigenvalue weighted by Crippen LogP contribution is 2.21. The standard InChI is InChI=1S/C22H34N6S.HI/c1-5-23-22(24-11-8-21-27-17(3)18(4)29-21)26-15-19-6-7-20(25-14-19)28-12-9-16(2)10-13-28;/h6-7,14,16H,5,8-13,15H2,1-4H3,(H2,23,24,26);1H. The Hall–Kier alpha value is -1.42. The van der Waals surface area contributed by atoms with Crippen molar-refractivity contribution in [3.8, 4) is 0 Å². The second kappa shape index (κ2) is 12.4. The minimum atomic E-state index is 0. The normalized spacial score (nSPS) is 15.1. The first-order valence-corrected chi connectivity index (χ1v) is 11.5. The van der Waals surface area contributed by atoms with E-state index in [-0.39, 0.29) is 24.0 Å². The quantitative estimate of drug-likeness (QED) is 0.310. The molecular formula is C22H35IN6S. The van der Waals surface area contributed by atoms with Gasteiger partial charge in [0.15, 0.2) is 5.96 Å². The summed E-state index contributed by atoms with van der Waals surface area (Å²) in [5, 5.41) is 7.90. The molecule has 30 heavy (non-hydrogen) atoms. The molecule has 8 heteroatoms. The number of halogens is 1. The third-order valence-corrected chi connectivity index (χ3v) is 6.52. The van der Waals surface area contributed by atoms with Crippen LogP contribution in [0.15, 0.2) is 23.3 Å². The van der Waals surface area contributed by atoms with Crippen molar-refractivity contribution >= 4 is 47.1 Å². The van der Waals surface area contributed by atoms with E-state index in [9.17, 15) is 0 Å². The summed E-state index contributed by atoms with van der Waals surface area (Å²) in [6.07, 6.45) is 5.38. The number of guanidine groups is 1. The van der Waals surface area contributed by atoms with E-state index in [1.807, 2.05) is 6.20 Å². The molecule has 0 aliphatic carbocycles. The molecule has 0 saturated carbocycles. The van der Waals surface area contributed by atoms with Crippen LogP contribution in [0.1, 0.15) is 47.8 Å². The van der Waals surface area contributed by atoms with E-state index in [0.29, 0.717) is 6.54 Å². The van der Waals surface area contributed by atoms with Crippen molar-refractivity contribution in [3.05, 3.63) is 39.5 Å². The fraction of sp³-hybridized carbons (Fsp3) is 0.591. The number of pyridine rings is 1. The number of piperidine rings is 1. The molecule has 1 aliphatic rings. The van der Waals surface area contributed by atoms with Crippen LogP contribution in [-0.4, -0.2) is 42.1 Å². The van der Waals surface area contributed by atoms with Crippen molar-refractivity contribution in [1.82, 2.24) is 20.6 Å². The lowest BCUT2D eigenvalue weighted by atomic mass is 9.99. The maximum Gasteiger partial charge on any atom is 0.191 e. The number of thiazole rings is 1. The third-order valence-electron chi connectivity index (χ3n) is 5.38. The molecule has 0 unspecified atom stereocenters. The summed E-state index contributed by atoms with van der Waals surface area (Å²) >= 11 is 1.78. The predicted octanol–water partition coefficient (Wildman–Crippen LogP) is 4.31. The zero-order valence-corrected chi connectivity index (χ0v) is 21.7. The molecule has 0 aromatic carbocycles. The van der Waals surface area contributed by atoms with E-state index >= 15 is 0 Å². The number of aryl methyl sites for hydroxylation is 2. The van der Waals surface area contributed by atoms with Gasteiger partial charge in [-0.05, 0) is 51.2 Å². The van der Waals surface area contributed by atoms with E-state index < -0.39 is 0 Å². The lowest BCUT2D eigenvalue weighted by Gasteiger charge is -2.31. The van der Waals surface area contributed by atoms with Gasteiger partial charge < -0.3 is 15.5 Å². The molecule has 2 N–H and O–H groups in total. The highest BCUT2D eigenvalue weighted by atomic mass is 127. The Bertz CT molecular complexity index is 777. The first-order valence-electron chi connectivity index (χ1n) is 10.7. The summed E-state index contributed by atoms with van der Waals surface area (Å²) in [4.78, 5) is 17.7. The molecule has 0 bridgehead atoms. The maximum atomic E-state index is 4.71. The average molecular weight is 543 g/mol. The van der Waals surface area contributed by atoms with Crippen LogP contribution >= 0.6 is 35.3 Å². The summed E-state index contributed by atoms with van der Waals surface area (Å²) in [6, 6.07) is 4.28. The molecule has 0 amide bonds. The van der Waals surface area contributed by atoms with Crippen LogP contribution in [0, 0.1) is 19.8 Å². The highest BCUT2D eigenvalue weighted by Gasteiger charge is 2.16. The fourth-order valence-electron chi connectivity index (χ4n) is 3.38. The second-order valence-corrected chi connectivity index (χ2v) is 9.10. The zero-order valence-electron chi connectivity index (χ0n) is 18.6. The average Bonchev–Trinajstić information content (AvgIpc) is 3.04. The SMILES string of the molecule is CCNC(=NCc1ccc(N2CCC(C)CC2)nc1)NCCc1nc(C)c(C)s1.I. The molecule has 3 rings (SSSR count). The molecule has 0 radical (unpaired) electrons. The fourth-order valence-corrected chi connectivity index (χ4v) is 4.31. The summed E-state index contributed by atoms with van der Waals surface area (Å²) in [7, 11) is 0. The molecule has 2 aromatic rings. The molecule has 1 saturated heterocycles. The summed E-state index contributed by atoms with van der Waals surface area (Å²) in [6.45, 7) is 13.1. The topological polar surface area (TPSA) is 65.4 Å². The van der Waals surface area contributed by atoms with Crippen molar-refractivity contribution in [3.63, 3.8) is 0 Å². The molecule has 1 aliphatic heterocycles. The molecule has 1 fully saturated rings. The number of hydrogen-bond donors (Lipinski definition) is 2. The van der Waals surface area contributed by atoms with Gasteiger partial charge in [-0.3, -0.25) is 0 Å². The van der Waals surface area contributed by atoms with Gasteiger partial charge in [-0.25, -0.2) is 15.0 Å². The van der Waals surface area contributed by atoms with Crippen molar-refractivity contribution in [1.29, 1.82) is 0 Å². The largest absolute Gasteiger partial charge is 0.357 e. The molecule has 0 atom stereocenters. The second-order valence-electron chi connectivity index (χ2n) is 7.82. The van der Waals surface area contributed by atoms with Gasteiger partial charge in [0, 0.05) is 43.7 Å². The van der Waals surface area contributed by atoms with Crippen LogP contribution in [0.4, 0.5) is 5.82 Å². The number of aliphatic imine (C=N–C) groups is 1. The number of aromatic nitrogens is 2. The van der Waals surface area contributed by atoms with Gasteiger partial charge in [0.2, 0.25) is 0 Å². The van der Waals surface area contributed by atoms with Crippen LogP contribution in [-0.2, 0) is 13.0 Å². The highest BCUT2D eigenvalue weighted by molar-refractivity contribution is 14.0. The number of rotatable bonds is 7. The number of nitrogens with zero attached hydrogens (tertiary/aromatic N) is 4. The van der Waals surface area contributed by atoms with Crippen molar-refractivity contribution in [2.75, 3.05) is 31.1 Å². The van der Waals surface area contributed by atoms with Crippen molar-refractivity contribution in [2.24, 2.45) is 10.9 Å². The Morgan fingerprint density at radius 1 is 1.23 bits per heavy atom. The van der Waals surface area contributed by atoms with Crippen molar-refractivity contribution in [2.45, 2.75) is 53.5 Å². The van der Waals surface area contributed by atoms with Crippen molar-refractivity contribution < 1.29 is 0 Å². The maximum absolute atomic E-state index is 4.71. The van der Waals surface area contributed by atoms with E-state index in [0.717, 1.165) is 61.6 Å². The Morgan fingerprint density at radius 2 is 2.00 bits per heavy atom. The van der Waals surface area contributed by atoms with E-state index in [1.54, 1.807) is 11.3 Å². The monoisotopic (exact) mass is 542 g/mol. The molecule has 6 nitrogen and oxygen atoms in total. The van der Waals surface area contributed by atoms with Crippen LogP contribution < -0.4 is 15.5 Å². The van der Waals surface area contributed by atoms with E-state index in [4.69, 9.17) is 4.99 Å². The van der Waals surface area contributed by atoms with Gasteiger partial charge in [0.25, 0.3) is 0 Å². The first-order chi connectivity index (χ1) is 14.0. The van der Waals surface area contributed by atoms with Crippen LogP contribution in [0.25, 0.3) is 0 Å². The van der Waals surface area contributed by atoms with E-state index in [2.05, 4.69) is 65.3 Å². The summed E-state index contributed by atoms with van der Waals surface area (Å²) < 4.78 is 0. The van der Waals surface area contributed by atoms with Gasteiger partial charge in [0.1, 0.15) is 5.82 Å². The van der Waals surface area contributed by atoms with Crippen LogP contribution in [0.3, 0.4) is 0 Å². The predicted molar refractivity (Wildman–Crippen MR) is 138 cm³/mol. The van der Waals surface area contributed by atoms with Gasteiger partial charge in [0.05, 0.1) is 17.2 Å². The number of hydrogen-bond acceptors (Lipinski definition) is 5. The Labute approximate surface area is 202 Å². The lowest BCUT2D eigenvalue weighted by Crippen LogP contribution is -2.38. The number of anilines is 1. The molecule has 3 heterocycles. The first kappa shape index (κ1) is 24.8. The molecular weight excluding hydrogens is 507 g/mol. The smallest absolute Gasteiger partial charge is 0.191 e. The Kier molecular flexibility index (Phi) is 10.3. The van der Waals surface area contributed by atoms with Gasteiger partial charge in [-0.1, -0.05) is 13.0 Å². The summed E-state index contributed by atoms with van der Waals surface area (Å²) in [5.74, 6) is 2.76. The Morgan fingerprint density at radius 3 is 2.60 bits per heavy atom. The van der Waals surface area contributed by atoms with Crippen LogP contribution in [0.5, 0.6) is 0 Å². The van der Waals surface area contributed by atoms with Gasteiger partial charge in [-0.2, -0.15) is 0 Å². The van der Waals surface area contributed by atoms with Gasteiger partial charge in [-0.15, -0.1) is 35.3 Å². The zero-order chi connectivity index (χ0) is 20.6. The summed E-state index contributed by atoms with van der Waals surface area (Å²) in [5.41, 5.74) is 2.27. The minimum Gasteiger partial charge on any atom is -0.357 e. The minimum absolute atomic E-state index is 0. The number of nitrogens with one attached hydrogen (secondary N) is 2. The Balaban J connectivity index is 0.00000320. The molecule has 0 spiro atoms. The van der Waals surface area contributed by atoms with E-state index in [1.165, 1.54) is 22.7 Å². The van der Waals surface area contributed by atoms with Gasteiger partial charge >= 0.3 is 0 Å². The van der Waals surface area contributed by atoms with Crippen LogP contribution in [0.2, 0.25) is 0 Å².